The lowest BCUT2D eigenvalue weighted by Gasteiger charge is -2.47. The van der Waals surface area contributed by atoms with E-state index in [4.69, 9.17) is 10.5 Å². The topological polar surface area (TPSA) is 191 Å². The molecular weight excluding hydrogens is 824 g/mol. The molecule has 1 aromatic heterocycles. The van der Waals surface area contributed by atoms with Gasteiger partial charge in [-0.25, -0.2) is 19.0 Å². The Kier molecular flexibility index (Phi) is 16.1. The summed E-state index contributed by atoms with van der Waals surface area (Å²) in [5, 5.41) is 15.6. The number of aliphatic imine (C=N–C) groups is 1. The standard InChI is InChI=1S/C44H62F3N9O5S/c1-43(2,59)29-49-26-33(25-48)40-38(44(45,46)47)27-50-42(53-40)51-34-16-22-56(23-17-34)62(3,60)54-35-12-8-31(9-13-35)28-55-20-18-36(19-21-55)61-24-4-5-30-6-10-32(11-7-30)37-14-15-39(57)52-41(37)58/h6-7,10-11,25-27,31,34-37,54,59-60H,8-9,12-24,28-29,48H2,1-3H3,(H,50,51,53)(H,52,57,58)/b33-25+,49-26?. The van der Waals surface area contributed by atoms with Crippen LogP contribution in [0.3, 0.4) is 0 Å². The number of imide groups is 1. The molecule has 2 unspecified atom stereocenters. The van der Waals surface area contributed by atoms with Gasteiger partial charge >= 0.3 is 6.18 Å². The molecule has 1 aliphatic carbocycles. The van der Waals surface area contributed by atoms with Gasteiger partial charge in [-0.1, -0.05) is 24.0 Å². The fourth-order valence-electron chi connectivity index (χ4n) is 8.55. The van der Waals surface area contributed by atoms with E-state index in [9.17, 15) is 32.4 Å². The number of nitrogens with two attached hydrogens (primary N) is 1. The Morgan fingerprint density at radius 2 is 1.73 bits per heavy atom. The van der Waals surface area contributed by atoms with Gasteiger partial charge in [0, 0.05) is 87.2 Å². The molecule has 62 heavy (non-hydrogen) atoms. The third-order valence-corrected chi connectivity index (χ3v) is 14.2. The van der Waals surface area contributed by atoms with Crippen LogP contribution in [0, 0.1) is 17.8 Å². The van der Waals surface area contributed by atoms with E-state index >= 15 is 0 Å². The number of hydrogen-bond donors (Lipinski definition) is 6. The highest BCUT2D eigenvalue weighted by atomic mass is 32.3. The smallest absolute Gasteiger partial charge is 0.404 e. The van der Waals surface area contributed by atoms with E-state index in [1.807, 2.05) is 30.5 Å². The third kappa shape index (κ3) is 13.7. The summed E-state index contributed by atoms with van der Waals surface area (Å²) in [6, 6.07) is 7.75. The number of nitrogens with one attached hydrogen (secondary N) is 3. The molecule has 18 heteroatoms. The SMILES string of the molecule is CC(C)(O)CN=C/C(=C\N)c1nc(NC2CCN(S(C)(O)NC3CCC(CN4CCC(OCC#Cc5ccc(C6CCC(=O)NC6=O)cc5)CC4)CC3)CC2)ncc1C(F)(F)F. The van der Waals surface area contributed by atoms with Crippen LogP contribution in [0.4, 0.5) is 19.1 Å². The minimum atomic E-state index is -4.72. The summed E-state index contributed by atoms with van der Waals surface area (Å²) in [6.07, 6.45) is 8.60. The highest BCUT2D eigenvalue weighted by Crippen LogP contribution is 2.44. The van der Waals surface area contributed by atoms with Gasteiger partial charge in [0.1, 0.15) is 12.2 Å². The molecule has 2 atom stereocenters. The summed E-state index contributed by atoms with van der Waals surface area (Å²) in [5.41, 5.74) is 4.84. The van der Waals surface area contributed by atoms with Crippen LogP contribution >= 0.6 is 10.7 Å². The highest BCUT2D eigenvalue weighted by molar-refractivity contribution is 8.24. The van der Waals surface area contributed by atoms with Gasteiger partial charge < -0.3 is 30.3 Å². The van der Waals surface area contributed by atoms with Gasteiger partial charge in [0.25, 0.3) is 0 Å². The number of aromatic nitrogens is 2. The number of ether oxygens (including phenoxy) is 1. The first-order valence-corrected chi connectivity index (χ1v) is 23.6. The van der Waals surface area contributed by atoms with E-state index in [1.165, 1.54) is 6.21 Å². The summed E-state index contributed by atoms with van der Waals surface area (Å²) < 4.78 is 65.2. The van der Waals surface area contributed by atoms with Crippen molar-refractivity contribution in [2.45, 2.75) is 114 Å². The lowest BCUT2D eigenvalue weighted by atomic mass is 9.86. The molecule has 6 rings (SSSR count). The van der Waals surface area contributed by atoms with Crippen molar-refractivity contribution in [3.8, 4) is 11.8 Å². The number of piperidine rings is 3. The minimum absolute atomic E-state index is 0.0315. The largest absolute Gasteiger partial charge is 0.419 e. The predicted molar refractivity (Wildman–Crippen MR) is 236 cm³/mol. The van der Waals surface area contributed by atoms with Gasteiger partial charge in [0.15, 0.2) is 0 Å². The lowest BCUT2D eigenvalue weighted by Crippen LogP contribution is -2.47. The number of likely N-dealkylation sites (tertiary alicyclic amines) is 1. The first-order chi connectivity index (χ1) is 29.5. The number of anilines is 1. The van der Waals surface area contributed by atoms with E-state index in [1.54, 1.807) is 13.8 Å². The summed E-state index contributed by atoms with van der Waals surface area (Å²) >= 11 is 0. The molecule has 0 spiro atoms. The average molecular weight is 886 g/mol. The quantitative estimate of drug-likeness (QED) is 0.0801. The Bertz CT molecular complexity index is 1960. The second kappa shape index (κ2) is 21.1. The van der Waals surface area contributed by atoms with Crippen LogP contribution in [0.15, 0.2) is 41.7 Å². The van der Waals surface area contributed by atoms with Gasteiger partial charge in [-0.05, 0) is 106 Å². The molecule has 2 amide bonds. The number of carbonyl (C=O) groups is 2. The first-order valence-electron chi connectivity index (χ1n) is 21.6. The third-order valence-electron chi connectivity index (χ3n) is 12.0. The van der Waals surface area contributed by atoms with Crippen molar-refractivity contribution in [3.63, 3.8) is 0 Å². The number of hydrogen-bond acceptors (Lipinski definition) is 13. The summed E-state index contributed by atoms with van der Waals surface area (Å²) in [5.74, 6) is 6.18. The first kappa shape index (κ1) is 47.4. The zero-order valence-corrected chi connectivity index (χ0v) is 36.7. The van der Waals surface area contributed by atoms with Crippen LogP contribution in [0.25, 0.3) is 5.57 Å². The van der Waals surface area contributed by atoms with E-state index in [2.05, 4.69) is 51.4 Å². The summed E-state index contributed by atoms with van der Waals surface area (Å²) in [6.45, 7) is 7.69. The molecule has 1 aromatic carbocycles. The number of halogens is 3. The molecule has 0 bridgehead atoms. The number of aliphatic hydroxyl groups is 1. The number of allylic oxidation sites excluding steroid dienone is 1. The maximum absolute atomic E-state index is 13.9. The summed E-state index contributed by atoms with van der Waals surface area (Å²) in [4.78, 5) is 38.4. The Labute approximate surface area is 364 Å². The fraction of sp³-hybridized carbons (Fsp3) is 0.614. The minimum Gasteiger partial charge on any atom is -0.404 e. The van der Waals surface area contributed by atoms with Gasteiger partial charge in [0.05, 0.1) is 29.9 Å². The molecule has 3 aliphatic heterocycles. The van der Waals surface area contributed by atoms with Crippen LogP contribution in [0.1, 0.15) is 106 Å². The zero-order chi connectivity index (χ0) is 44.5. The average Bonchev–Trinajstić information content (AvgIpc) is 3.22. The second-order valence-corrected chi connectivity index (χ2v) is 20.0. The van der Waals surface area contributed by atoms with Crippen molar-refractivity contribution in [1.82, 2.24) is 29.2 Å². The van der Waals surface area contributed by atoms with Gasteiger partial charge in [-0.3, -0.25) is 19.9 Å². The zero-order valence-electron chi connectivity index (χ0n) is 35.9. The van der Waals surface area contributed by atoms with Gasteiger partial charge in [0.2, 0.25) is 17.8 Å². The number of nitrogens with zero attached hydrogens (tertiary/aromatic N) is 5. The van der Waals surface area contributed by atoms with Crippen molar-refractivity contribution >= 4 is 40.2 Å². The van der Waals surface area contributed by atoms with E-state index in [0.29, 0.717) is 51.3 Å². The number of benzene rings is 1. The number of amides is 2. The molecule has 1 saturated carbocycles. The number of rotatable bonds is 14. The van der Waals surface area contributed by atoms with Crippen LogP contribution in [0.5, 0.6) is 0 Å². The molecule has 4 fully saturated rings. The Balaban J connectivity index is 0.877. The predicted octanol–water partition coefficient (Wildman–Crippen LogP) is 5.45. The molecule has 7 N–H and O–H groups in total. The number of carbonyl (C=O) groups excluding carboxylic acids is 2. The number of alkyl halides is 3. The van der Waals surface area contributed by atoms with Crippen LogP contribution in [-0.4, -0.2) is 123 Å². The highest BCUT2D eigenvalue weighted by Gasteiger charge is 2.37. The Hall–Kier alpha value is -4.09. The van der Waals surface area contributed by atoms with E-state index in [-0.39, 0.29) is 54.0 Å². The van der Waals surface area contributed by atoms with Gasteiger partial charge in [-0.15, -0.1) is 0 Å². The van der Waals surface area contributed by atoms with Crippen molar-refractivity contribution in [2.75, 3.05) is 57.4 Å². The van der Waals surface area contributed by atoms with Crippen LogP contribution < -0.4 is 21.1 Å². The lowest BCUT2D eigenvalue weighted by molar-refractivity contribution is -0.138. The van der Waals surface area contributed by atoms with E-state index < -0.39 is 33.7 Å². The Morgan fingerprint density at radius 1 is 1.03 bits per heavy atom. The van der Waals surface area contributed by atoms with Crippen LogP contribution in [0.2, 0.25) is 0 Å². The normalized spacial score (nSPS) is 24.6. The van der Waals surface area contributed by atoms with Crippen molar-refractivity contribution in [3.05, 3.63) is 59.0 Å². The molecular formula is C44H62F3N9O5S. The molecule has 340 valence electrons. The van der Waals surface area contributed by atoms with Crippen molar-refractivity contribution in [2.24, 2.45) is 16.6 Å². The molecule has 4 aliphatic rings. The molecule has 2 aromatic rings. The molecule has 0 radical (unpaired) electrons. The van der Waals surface area contributed by atoms with E-state index in [0.717, 1.165) is 81.7 Å². The second-order valence-electron chi connectivity index (χ2n) is 17.6. The maximum Gasteiger partial charge on any atom is 0.419 e. The maximum atomic E-state index is 13.9. The molecule has 14 nitrogen and oxygen atoms in total. The van der Waals surface area contributed by atoms with Crippen molar-refractivity contribution in [1.29, 1.82) is 0 Å². The van der Waals surface area contributed by atoms with Gasteiger partial charge in [-0.2, -0.15) is 13.2 Å². The summed E-state index contributed by atoms with van der Waals surface area (Å²) in [7, 11) is -2.24. The fourth-order valence-corrected chi connectivity index (χ4v) is 10.5. The monoisotopic (exact) mass is 885 g/mol. The molecule has 4 heterocycles. The Morgan fingerprint density at radius 3 is 2.35 bits per heavy atom. The molecule has 3 saturated heterocycles. The van der Waals surface area contributed by atoms with Crippen LogP contribution in [-0.2, 0) is 20.5 Å². The van der Waals surface area contributed by atoms with Crippen molar-refractivity contribution < 1.29 is 37.2 Å².